The zero-order chi connectivity index (χ0) is 28.0. The number of rotatable bonds is 8. The predicted octanol–water partition coefficient (Wildman–Crippen LogP) is 1.31. The first-order valence-electron chi connectivity index (χ1n) is 14.5. The SMILES string of the molecule is CN1CCN(CCCN2C(=O)c3ccc4c5c(ccc(c35)C2=O)C(=O)N(CCCN2CCN(C)CC2)C4=O)CC1. The molecule has 0 N–H and O–H groups in total. The van der Waals surface area contributed by atoms with E-state index in [0.29, 0.717) is 59.0 Å². The highest BCUT2D eigenvalue weighted by Crippen LogP contribution is 2.37. The second-order valence-electron chi connectivity index (χ2n) is 11.6. The van der Waals surface area contributed by atoms with Gasteiger partial charge in [0.2, 0.25) is 0 Å². The van der Waals surface area contributed by atoms with Gasteiger partial charge in [-0.2, -0.15) is 0 Å². The quantitative estimate of drug-likeness (QED) is 0.458. The molecule has 10 nitrogen and oxygen atoms in total. The highest BCUT2D eigenvalue weighted by molar-refractivity contribution is 6.33. The van der Waals surface area contributed by atoms with Crippen molar-refractivity contribution in [1.82, 2.24) is 29.4 Å². The summed E-state index contributed by atoms with van der Waals surface area (Å²) in [7, 11) is 4.23. The van der Waals surface area contributed by atoms with Gasteiger partial charge in [0.15, 0.2) is 0 Å². The van der Waals surface area contributed by atoms with Gasteiger partial charge in [-0.05, 0) is 64.3 Å². The molecule has 2 aromatic rings. The Morgan fingerprint density at radius 1 is 0.475 bits per heavy atom. The minimum Gasteiger partial charge on any atom is -0.304 e. The van der Waals surface area contributed by atoms with Crippen LogP contribution in [0.4, 0.5) is 0 Å². The van der Waals surface area contributed by atoms with Crippen LogP contribution in [0.2, 0.25) is 0 Å². The summed E-state index contributed by atoms with van der Waals surface area (Å²) in [5.41, 5.74) is 1.55. The standard InChI is InChI=1S/C30H38N6O4/c1-31-13-17-33(18-14-31)9-3-11-35-27(37)21-5-7-23-26-24(8-6-22(25(21)26)28(35)38)30(40)36(29(23)39)12-4-10-34-19-15-32(2)16-20-34/h5-8H,3-4,9-20H2,1-2H3. The Hall–Kier alpha value is -3.18. The lowest BCUT2D eigenvalue weighted by atomic mass is 9.86. The van der Waals surface area contributed by atoms with Gasteiger partial charge in [-0.15, -0.1) is 0 Å². The molecule has 0 saturated carbocycles. The fourth-order valence-corrected chi connectivity index (χ4v) is 6.43. The Labute approximate surface area is 235 Å². The molecule has 2 aromatic carbocycles. The number of imide groups is 2. The molecule has 2 saturated heterocycles. The number of carbonyl (C=O) groups excluding carboxylic acids is 4. The Bertz CT molecular complexity index is 1190. The van der Waals surface area contributed by atoms with E-state index in [9.17, 15) is 19.2 Å². The van der Waals surface area contributed by atoms with Crippen LogP contribution in [0.1, 0.15) is 54.3 Å². The highest BCUT2D eigenvalue weighted by atomic mass is 16.2. The summed E-state index contributed by atoms with van der Waals surface area (Å²) < 4.78 is 0. The molecule has 212 valence electrons. The maximum Gasteiger partial charge on any atom is 0.261 e. The average Bonchev–Trinajstić information content (AvgIpc) is 2.96. The predicted molar refractivity (Wildman–Crippen MR) is 152 cm³/mol. The number of amides is 4. The molecule has 2 fully saturated rings. The molecule has 4 aliphatic rings. The third kappa shape index (κ3) is 4.83. The van der Waals surface area contributed by atoms with Gasteiger partial charge < -0.3 is 19.6 Å². The molecular weight excluding hydrogens is 508 g/mol. The van der Waals surface area contributed by atoms with Crippen LogP contribution in [0.3, 0.4) is 0 Å². The number of piperazine rings is 2. The Kier molecular flexibility index (Phi) is 7.43. The number of likely N-dealkylation sites (N-methyl/N-ethyl adjacent to an activating group) is 2. The van der Waals surface area contributed by atoms with Crippen LogP contribution in [0, 0.1) is 0 Å². The zero-order valence-corrected chi connectivity index (χ0v) is 23.5. The van der Waals surface area contributed by atoms with Crippen molar-refractivity contribution >= 4 is 34.4 Å². The molecule has 4 heterocycles. The van der Waals surface area contributed by atoms with E-state index >= 15 is 0 Å². The number of hydrogen-bond acceptors (Lipinski definition) is 8. The minimum atomic E-state index is -0.353. The van der Waals surface area contributed by atoms with Crippen LogP contribution >= 0.6 is 0 Å². The molecule has 4 aliphatic heterocycles. The molecule has 0 aliphatic carbocycles. The van der Waals surface area contributed by atoms with E-state index in [4.69, 9.17) is 0 Å². The minimum absolute atomic E-state index is 0.341. The summed E-state index contributed by atoms with van der Waals surface area (Å²) in [5, 5.41) is 0.887. The first kappa shape index (κ1) is 27.0. The van der Waals surface area contributed by atoms with Gasteiger partial charge in [-0.25, -0.2) is 0 Å². The van der Waals surface area contributed by atoms with Gasteiger partial charge in [-0.3, -0.25) is 29.0 Å². The summed E-state index contributed by atoms with van der Waals surface area (Å²) in [6.07, 6.45) is 1.41. The molecule has 40 heavy (non-hydrogen) atoms. The molecule has 0 aromatic heterocycles. The van der Waals surface area contributed by atoms with Crippen molar-refractivity contribution in [2.24, 2.45) is 0 Å². The van der Waals surface area contributed by atoms with Crippen LogP contribution in [0.25, 0.3) is 10.8 Å². The molecular formula is C30H38N6O4. The molecule has 0 unspecified atom stereocenters. The van der Waals surface area contributed by atoms with Crippen molar-refractivity contribution in [3.8, 4) is 0 Å². The number of nitrogens with zero attached hydrogens (tertiary/aromatic N) is 6. The topological polar surface area (TPSA) is 87.7 Å². The second-order valence-corrected chi connectivity index (χ2v) is 11.6. The Balaban J connectivity index is 1.18. The lowest BCUT2D eigenvalue weighted by Crippen LogP contribution is -2.47. The summed E-state index contributed by atoms with van der Waals surface area (Å²) in [6, 6.07) is 6.62. The average molecular weight is 547 g/mol. The van der Waals surface area contributed by atoms with Crippen molar-refractivity contribution in [3.05, 3.63) is 46.5 Å². The second kappa shape index (κ2) is 11.0. The molecule has 0 radical (unpaired) electrons. The first-order valence-corrected chi connectivity index (χ1v) is 14.5. The van der Waals surface area contributed by atoms with E-state index in [1.807, 2.05) is 0 Å². The lowest BCUT2D eigenvalue weighted by molar-refractivity contribution is 0.0578. The fraction of sp³-hybridized carbons (Fsp3) is 0.533. The van der Waals surface area contributed by atoms with E-state index in [-0.39, 0.29) is 23.6 Å². The van der Waals surface area contributed by atoms with E-state index in [1.54, 1.807) is 24.3 Å². The molecule has 0 spiro atoms. The van der Waals surface area contributed by atoms with Gasteiger partial charge in [-0.1, -0.05) is 0 Å². The van der Waals surface area contributed by atoms with Gasteiger partial charge in [0, 0.05) is 98.5 Å². The van der Waals surface area contributed by atoms with Crippen LogP contribution in [0.15, 0.2) is 24.3 Å². The smallest absolute Gasteiger partial charge is 0.261 e. The monoisotopic (exact) mass is 546 g/mol. The molecule has 0 atom stereocenters. The van der Waals surface area contributed by atoms with Crippen molar-refractivity contribution < 1.29 is 19.2 Å². The van der Waals surface area contributed by atoms with Crippen LogP contribution in [0.5, 0.6) is 0 Å². The van der Waals surface area contributed by atoms with Crippen LogP contribution in [-0.4, -0.2) is 146 Å². The fourth-order valence-electron chi connectivity index (χ4n) is 6.43. The molecule has 4 amide bonds. The molecule has 10 heteroatoms. The Morgan fingerprint density at radius 3 is 1.07 bits per heavy atom. The largest absolute Gasteiger partial charge is 0.304 e. The first-order chi connectivity index (χ1) is 19.3. The van der Waals surface area contributed by atoms with Crippen molar-refractivity contribution in [2.45, 2.75) is 12.8 Å². The van der Waals surface area contributed by atoms with Gasteiger partial charge in [0.1, 0.15) is 0 Å². The van der Waals surface area contributed by atoms with Crippen molar-refractivity contribution in [2.75, 3.05) is 92.6 Å². The van der Waals surface area contributed by atoms with Crippen LogP contribution < -0.4 is 0 Å². The van der Waals surface area contributed by atoms with E-state index < -0.39 is 0 Å². The van der Waals surface area contributed by atoms with Gasteiger partial charge in [0.25, 0.3) is 23.6 Å². The van der Waals surface area contributed by atoms with Crippen molar-refractivity contribution in [3.63, 3.8) is 0 Å². The Morgan fingerprint density at radius 2 is 0.775 bits per heavy atom. The maximum atomic E-state index is 13.5. The maximum absolute atomic E-state index is 13.5. The van der Waals surface area contributed by atoms with E-state index in [2.05, 4.69) is 33.7 Å². The van der Waals surface area contributed by atoms with Crippen molar-refractivity contribution in [1.29, 1.82) is 0 Å². The number of benzene rings is 2. The lowest BCUT2D eigenvalue weighted by Gasteiger charge is -2.34. The van der Waals surface area contributed by atoms with Crippen LogP contribution in [-0.2, 0) is 0 Å². The summed E-state index contributed by atoms with van der Waals surface area (Å²) in [5.74, 6) is -1.41. The van der Waals surface area contributed by atoms with E-state index in [1.165, 1.54) is 9.80 Å². The zero-order valence-electron chi connectivity index (χ0n) is 23.5. The normalized spacial score (nSPS) is 21.2. The number of carbonyl (C=O) groups is 4. The summed E-state index contributed by atoms with van der Waals surface area (Å²) in [6.45, 7) is 10.4. The third-order valence-electron chi connectivity index (χ3n) is 8.97. The number of hydrogen-bond donors (Lipinski definition) is 0. The summed E-state index contributed by atoms with van der Waals surface area (Å²) >= 11 is 0. The molecule has 6 rings (SSSR count). The highest BCUT2D eigenvalue weighted by Gasteiger charge is 2.39. The van der Waals surface area contributed by atoms with E-state index in [0.717, 1.165) is 65.4 Å². The molecule has 0 bridgehead atoms. The van der Waals surface area contributed by atoms with Gasteiger partial charge >= 0.3 is 0 Å². The summed E-state index contributed by atoms with van der Waals surface area (Å²) in [4.78, 5) is 66.0. The third-order valence-corrected chi connectivity index (χ3v) is 8.97. The van der Waals surface area contributed by atoms with Gasteiger partial charge in [0.05, 0.1) is 0 Å².